The van der Waals surface area contributed by atoms with Gasteiger partial charge in [0.05, 0.1) is 5.56 Å². The molecule has 4 nitrogen and oxygen atoms in total. The van der Waals surface area contributed by atoms with E-state index in [1.165, 1.54) is 24.4 Å². The van der Waals surface area contributed by atoms with Crippen molar-refractivity contribution >= 4 is 17.4 Å². The van der Waals surface area contributed by atoms with E-state index in [2.05, 4.69) is 15.6 Å². The van der Waals surface area contributed by atoms with Crippen LogP contribution in [0.2, 0.25) is 0 Å². The van der Waals surface area contributed by atoms with Crippen LogP contribution in [0.3, 0.4) is 0 Å². The molecule has 0 spiro atoms. The van der Waals surface area contributed by atoms with E-state index in [1.54, 1.807) is 42.5 Å². The second kappa shape index (κ2) is 8.20. The zero-order valence-electron chi connectivity index (χ0n) is 13.9. The van der Waals surface area contributed by atoms with Crippen molar-refractivity contribution in [1.82, 2.24) is 10.3 Å². The molecule has 0 aliphatic carbocycles. The third kappa shape index (κ3) is 4.63. The van der Waals surface area contributed by atoms with Gasteiger partial charge >= 0.3 is 0 Å². The molecule has 3 rings (SSSR count). The van der Waals surface area contributed by atoms with Crippen molar-refractivity contribution in [3.05, 3.63) is 89.6 Å². The molecule has 6 heteroatoms. The van der Waals surface area contributed by atoms with Crippen molar-refractivity contribution in [2.75, 3.05) is 11.9 Å². The second-order valence-corrected chi connectivity index (χ2v) is 5.66. The van der Waals surface area contributed by atoms with Crippen LogP contribution in [0.25, 0.3) is 0 Å². The lowest BCUT2D eigenvalue weighted by Crippen LogP contribution is -2.26. The van der Waals surface area contributed by atoms with E-state index in [0.717, 1.165) is 0 Å². The van der Waals surface area contributed by atoms with Crippen molar-refractivity contribution in [2.24, 2.45) is 0 Å². The molecule has 2 aromatic carbocycles. The van der Waals surface area contributed by atoms with E-state index in [4.69, 9.17) is 0 Å². The molecule has 0 saturated heterocycles. The monoisotopic (exact) mass is 353 g/mol. The number of hydrogen-bond donors (Lipinski definition) is 2. The summed E-state index contributed by atoms with van der Waals surface area (Å²) in [5, 5.41) is 5.69. The number of carbonyl (C=O) groups is 1. The first-order valence-electron chi connectivity index (χ1n) is 8.12. The number of benzene rings is 2. The summed E-state index contributed by atoms with van der Waals surface area (Å²) in [5.74, 6) is -0.415. The molecule has 0 fully saturated rings. The van der Waals surface area contributed by atoms with Gasteiger partial charge in [-0.3, -0.25) is 4.79 Å². The highest BCUT2D eigenvalue weighted by atomic mass is 19.1. The van der Waals surface area contributed by atoms with Crippen LogP contribution < -0.4 is 10.6 Å². The number of rotatable bonds is 6. The van der Waals surface area contributed by atoms with Crippen LogP contribution in [0.1, 0.15) is 15.9 Å². The minimum absolute atomic E-state index is 0.281. The molecule has 1 heterocycles. The summed E-state index contributed by atoms with van der Waals surface area (Å²) in [6, 6.07) is 15.7. The summed E-state index contributed by atoms with van der Waals surface area (Å²) in [4.78, 5) is 16.3. The number of aromatic nitrogens is 1. The first-order valence-corrected chi connectivity index (χ1v) is 8.12. The van der Waals surface area contributed by atoms with E-state index in [9.17, 15) is 13.6 Å². The van der Waals surface area contributed by atoms with Crippen LogP contribution in [-0.2, 0) is 6.42 Å². The number of halogens is 2. The van der Waals surface area contributed by atoms with Gasteiger partial charge in [0, 0.05) is 18.4 Å². The Morgan fingerprint density at radius 1 is 1.00 bits per heavy atom. The predicted octanol–water partition coefficient (Wildman–Crippen LogP) is 4.08. The molecule has 0 saturated carbocycles. The van der Waals surface area contributed by atoms with Crippen LogP contribution in [0.5, 0.6) is 0 Å². The average Bonchev–Trinajstić information content (AvgIpc) is 2.64. The Balaban J connectivity index is 1.54. The van der Waals surface area contributed by atoms with Gasteiger partial charge < -0.3 is 10.6 Å². The summed E-state index contributed by atoms with van der Waals surface area (Å²) in [7, 11) is 0. The molecule has 0 radical (unpaired) electrons. The van der Waals surface area contributed by atoms with Crippen LogP contribution in [0, 0.1) is 11.6 Å². The molecular weight excluding hydrogens is 336 g/mol. The maximum atomic E-state index is 13.5. The fourth-order valence-corrected chi connectivity index (χ4v) is 2.43. The molecule has 26 heavy (non-hydrogen) atoms. The van der Waals surface area contributed by atoms with E-state index >= 15 is 0 Å². The highest BCUT2D eigenvalue weighted by Gasteiger charge is 2.07. The molecule has 0 atom stereocenters. The largest absolute Gasteiger partial charge is 0.352 e. The number of carbonyl (C=O) groups excluding carboxylic acids is 1. The van der Waals surface area contributed by atoms with Crippen molar-refractivity contribution in [3.8, 4) is 0 Å². The number of nitrogens with one attached hydrogen (secondary N) is 2. The summed E-state index contributed by atoms with van der Waals surface area (Å²) >= 11 is 0. The summed E-state index contributed by atoms with van der Waals surface area (Å²) in [5.41, 5.74) is 1.52. The van der Waals surface area contributed by atoms with Crippen LogP contribution in [0.15, 0.2) is 66.9 Å². The summed E-state index contributed by atoms with van der Waals surface area (Å²) < 4.78 is 26.7. The van der Waals surface area contributed by atoms with Crippen LogP contribution in [0.4, 0.5) is 20.3 Å². The van der Waals surface area contributed by atoms with Crippen molar-refractivity contribution in [1.29, 1.82) is 0 Å². The Labute approximate surface area is 149 Å². The van der Waals surface area contributed by atoms with Gasteiger partial charge in [0.2, 0.25) is 0 Å². The number of nitrogens with zero attached hydrogens (tertiary/aromatic N) is 1. The zero-order chi connectivity index (χ0) is 18.4. The minimum Gasteiger partial charge on any atom is -0.352 e. The second-order valence-electron chi connectivity index (χ2n) is 5.66. The van der Waals surface area contributed by atoms with E-state index < -0.39 is 0 Å². The SMILES string of the molecule is O=C(NCCc1ccccc1F)c1ccc(Nc2cccc(F)c2)nc1. The number of pyridine rings is 1. The van der Waals surface area contributed by atoms with Crippen LogP contribution in [-0.4, -0.2) is 17.4 Å². The molecule has 2 N–H and O–H groups in total. The number of hydrogen-bond acceptors (Lipinski definition) is 3. The van der Waals surface area contributed by atoms with Gasteiger partial charge in [0.15, 0.2) is 0 Å². The third-order valence-electron chi connectivity index (χ3n) is 3.76. The average molecular weight is 353 g/mol. The Bertz CT molecular complexity index is 898. The molecule has 1 amide bonds. The smallest absolute Gasteiger partial charge is 0.252 e. The lowest BCUT2D eigenvalue weighted by atomic mass is 10.1. The molecule has 0 aliphatic heterocycles. The Hall–Kier alpha value is -3.28. The predicted molar refractivity (Wildman–Crippen MR) is 96.4 cm³/mol. The fraction of sp³-hybridized carbons (Fsp3) is 0.100. The van der Waals surface area contributed by atoms with Crippen molar-refractivity contribution in [3.63, 3.8) is 0 Å². The first-order chi connectivity index (χ1) is 12.6. The highest BCUT2D eigenvalue weighted by Crippen LogP contribution is 2.15. The normalized spacial score (nSPS) is 10.4. The summed E-state index contributed by atoms with van der Waals surface area (Å²) in [6.07, 6.45) is 1.84. The Morgan fingerprint density at radius 3 is 2.58 bits per heavy atom. The van der Waals surface area contributed by atoms with Gasteiger partial charge in [-0.05, 0) is 48.4 Å². The lowest BCUT2D eigenvalue weighted by molar-refractivity contribution is 0.0953. The van der Waals surface area contributed by atoms with E-state index in [0.29, 0.717) is 35.6 Å². The van der Waals surface area contributed by atoms with Gasteiger partial charge in [-0.2, -0.15) is 0 Å². The number of anilines is 2. The quantitative estimate of drug-likeness (QED) is 0.702. The van der Waals surface area contributed by atoms with E-state index in [-0.39, 0.29) is 17.5 Å². The van der Waals surface area contributed by atoms with Crippen LogP contribution >= 0.6 is 0 Å². The maximum absolute atomic E-state index is 13.5. The molecule has 0 unspecified atom stereocenters. The topological polar surface area (TPSA) is 54.0 Å². The van der Waals surface area contributed by atoms with Gasteiger partial charge in [0.25, 0.3) is 5.91 Å². The van der Waals surface area contributed by atoms with Crippen molar-refractivity contribution < 1.29 is 13.6 Å². The molecule has 1 aromatic heterocycles. The Kier molecular flexibility index (Phi) is 5.53. The zero-order valence-corrected chi connectivity index (χ0v) is 13.9. The van der Waals surface area contributed by atoms with Gasteiger partial charge in [-0.1, -0.05) is 24.3 Å². The molecule has 132 valence electrons. The molecule has 0 bridgehead atoms. The highest BCUT2D eigenvalue weighted by molar-refractivity contribution is 5.94. The standard InChI is InChI=1S/C20H17F2N3O/c21-16-5-3-6-17(12-16)25-19-9-8-15(13-24-19)20(26)23-11-10-14-4-1-2-7-18(14)22/h1-9,12-13H,10-11H2,(H,23,26)(H,24,25). The third-order valence-corrected chi connectivity index (χ3v) is 3.76. The van der Waals surface area contributed by atoms with E-state index in [1.807, 2.05) is 0 Å². The molecular formula is C20H17F2N3O. The Morgan fingerprint density at radius 2 is 1.85 bits per heavy atom. The fourth-order valence-electron chi connectivity index (χ4n) is 2.43. The first kappa shape index (κ1) is 17.5. The molecule has 3 aromatic rings. The van der Waals surface area contributed by atoms with Gasteiger partial charge in [0.1, 0.15) is 17.5 Å². The van der Waals surface area contributed by atoms with Crippen molar-refractivity contribution in [2.45, 2.75) is 6.42 Å². The molecule has 0 aliphatic rings. The van der Waals surface area contributed by atoms with Gasteiger partial charge in [-0.25, -0.2) is 13.8 Å². The number of amides is 1. The van der Waals surface area contributed by atoms with Gasteiger partial charge in [-0.15, -0.1) is 0 Å². The minimum atomic E-state index is -0.346. The lowest BCUT2D eigenvalue weighted by Gasteiger charge is -2.08. The summed E-state index contributed by atoms with van der Waals surface area (Å²) in [6.45, 7) is 0.322. The maximum Gasteiger partial charge on any atom is 0.252 e.